The van der Waals surface area contributed by atoms with Crippen LogP contribution >= 0.6 is 0 Å². The molecule has 9 heteroatoms. The summed E-state index contributed by atoms with van der Waals surface area (Å²) < 4.78 is 14.7. The molecular weight excluding hydrogens is 313 g/mol. The zero-order valence-electron chi connectivity index (χ0n) is 13.5. The number of rotatable bonds is 4. The fraction of sp³-hybridized carbons (Fsp3) is 0.467. The Bertz CT molecular complexity index is 679. The van der Waals surface area contributed by atoms with E-state index in [1.54, 1.807) is 16.8 Å². The van der Waals surface area contributed by atoms with Gasteiger partial charge in [0.05, 0.1) is 12.2 Å². The van der Waals surface area contributed by atoms with Crippen molar-refractivity contribution in [3.8, 4) is 5.69 Å². The van der Waals surface area contributed by atoms with Gasteiger partial charge in [0.1, 0.15) is 5.82 Å². The Hall–Kier alpha value is -2.55. The van der Waals surface area contributed by atoms with Crippen molar-refractivity contribution in [3.63, 3.8) is 0 Å². The molecule has 0 saturated carbocycles. The van der Waals surface area contributed by atoms with Crippen molar-refractivity contribution >= 4 is 6.03 Å². The van der Waals surface area contributed by atoms with Crippen molar-refractivity contribution in [1.82, 2.24) is 35.3 Å². The van der Waals surface area contributed by atoms with Gasteiger partial charge < -0.3 is 10.2 Å². The fourth-order valence-electron chi connectivity index (χ4n) is 2.66. The molecule has 2 amide bonds. The van der Waals surface area contributed by atoms with E-state index in [0.717, 1.165) is 18.8 Å². The average Bonchev–Trinajstić information content (AvgIpc) is 3.04. The summed E-state index contributed by atoms with van der Waals surface area (Å²) in [7, 11) is 0. The van der Waals surface area contributed by atoms with Gasteiger partial charge in [0.15, 0.2) is 5.82 Å². The van der Waals surface area contributed by atoms with Crippen LogP contribution in [0.25, 0.3) is 5.69 Å². The van der Waals surface area contributed by atoms with E-state index < -0.39 is 0 Å². The Morgan fingerprint density at radius 1 is 1.21 bits per heavy atom. The van der Waals surface area contributed by atoms with Crippen LogP contribution in [0.1, 0.15) is 12.7 Å². The van der Waals surface area contributed by atoms with E-state index in [4.69, 9.17) is 0 Å². The van der Waals surface area contributed by atoms with E-state index in [9.17, 15) is 9.18 Å². The van der Waals surface area contributed by atoms with Crippen LogP contribution in [-0.4, -0.2) is 68.8 Å². The van der Waals surface area contributed by atoms with Crippen LogP contribution in [0.5, 0.6) is 0 Å². The normalized spacial score (nSPS) is 15.5. The third-order valence-electron chi connectivity index (χ3n) is 3.96. The molecule has 128 valence electrons. The lowest BCUT2D eigenvalue weighted by Crippen LogP contribution is -2.51. The minimum atomic E-state index is -0.296. The van der Waals surface area contributed by atoms with E-state index in [2.05, 4.69) is 25.7 Å². The summed E-state index contributed by atoms with van der Waals surface area (Å²) in [4.78, 5) is 15.8. The van der Waals surface area contributed by atoms with Gasteiger partial charge in [-0.05, 0) is 41.6 Å². The van der Waals surface area contributed by atoms with Crippen molar-refractivity contribution in [3.05, 3.63) is 35.9 Å². The molecule has 3 rings (SSSR count). The fourth-order valence-corrected chi connectivity index (χ4v) is 2.66. The van der Waals surface area contributed by atoms with Crippen molar-refractivity contribution in [2.24, 2.45) is 0 Å². The predicted octanol–water partition coefficient (Wildman–Crippen LogP) is 0.648. The number of tetrazole rings is 1. The van der Waals surface area contributed by atoms with E-state index in [-0.39, 0.29) is 11.8 Å². The number of nitrogens with one attached hydrogen (secondary N) is 1. The van der Waals surface area contributed by atoms with Gasteiger partial charge in [0.25, 0.3) is 0 Å². The Labute approximate surface area is 139 Å². The van der Waals surface area contributed by atoms with Gasteiger partial charge >= 0.3 is 6.03 Å². The highest BCUT2D eigenvalue weighted by Crippen LogP contribution is 2.12. The second kappa shape index (κ2) is 7.35. The van der Waals surface area contributed by atoms with Gasteiger partial charge in [-0.2, -0.15) is 4.68 Å². The number of piperazine rings is 1. The Morgan fingerprint density at radius 2 is 1.92 bits per heavy atom. The minimum Gasteiger partial charge on any atom is -0.338 e. The van der Waals surface area contributed by atoms with E-state index >= 15 is 0 Å². The molecule has 1 aromatic heterocycles. The quantitative estimate of drug-likeness (QED) is 0.889. The Kier molecular flexibility index (Phi) is 4.99. The first kappa shape index (κ1) is 16.3. The molecule has 0 atom stereocenters. The van der Waals surface area contributed by atoms with Gasteiger partial charge in [0.2, 0.25) is 0 Å². The lowest BCUT2D eigenvalue weighted by Gasteiger charge is -2.34. The summed E-state index contributed by atoms with van der Waals surface area (Å²) in [5.41, 5.74) is 0.720. The van der Waals surface area contributed by atoms with E-state index in [1.165, 1.54) is 12.1 Å². The molecule has 0 aliphatic carbocycles. The number of aromatic nitrogens is 4. The second-order valence-corrected chi connectivity index (χ2v) is 5.58. The molecule has 1 aliphatic rings. The molecule has 1 aliphatic heterocycles. The third kappa shape index (κ3) is 3.67. The zero-order valence-corrected chi connectivity index (χ0v) is 13.5. The van der Waals surface area contributed by atoms with Crippen LogP contribution in [0.3, 0.4) is 0 Å². The van der Waals surface area contributed by atoms with Crippen molar-refractivity contribution < 1.29 is 9.18 Å². The van der Waals surface area contributed by atoms with Gasteiger partial charge in [-0.15, -0.1) is 5.10 Å². The van der Waals surface area contributed by atoms with Crippen molar-refractivity contribution in [2.45, 2.75) is 13.5 Å². The number of nitrogens with zero attached hydrogens (tertiary/aromatic N) is 6. The molecule has 0 bridgehead atoms. The molecule has 2 heterocycles. The Morgan fingerprint density at radius 3 is 2.58 bits per heavy atom. The van der Waals surface area contributed by atoms with Gasteiger partial charge in [-0.25, -0.2) is 9.18 Å². The molecule has 0 radical (unpaired) electrons. The van der Waals surface area contributed by atoms with Crippen LogP contribution < -0.4 is 5.32 Å². The maximum Gasteiger partial charge on any atom is 0.317 e. The number of carbonyl (C=O) groups is 1. The first-order chi connectivity index (χ1) is 11.7. The predicted molar refractivity (Wildman–Crippen MR) is 85.0 cm³/mol. The Balaban J connectivity index is 1.61. The van der Waals surface area contributed by atoms with Crippen molar-refractivity contribution in [2.75, 3.05) is 32.7 Å². The summed E-state index contributed by atoms with van der Waals surface area (Å²) >= 11 is 0. The number of amides is 2. The summed E-state index contributed by atoms with van der Waals surface area (Å²) in [6.45, 7) is 5.97. The topological polar surface area (TPSA) is 79.2 Å². The lowest BCUT2D eigenvalue weighted by molar-refractivity contribution is 0.133. The smallest absolute Gasteiger partial charge is 0.317 e. The van der Waals surface area contributed by atoms with Crippen LogP contribution in [0.4, 0.5) is 9.18 Å². The molecule has 0 spiro atoms. The SMILES string of the molecule is CCNC(=O)N1CCN(Cc2nnnn2-c2ccc(F)cc2)CC1. The zero-order chi connectivity index (χ0) is 16.9. The molecule has 2 aromatic rings. The highest BCUT2D eigenvalue weighted by Gasteiger charge is 2.22. The highest BCUT2D eigenvalue weighted by atomic mass is 19.1. The van der Waals surface area contributed by atoms with E-state index in [1.807, 2.05) is 11.8 Å². The summed E-state index contributed by atoms with van der Waals surface area (Å²) in [6.07, 6.45) is 0. The van der Waals surface area contributed by atoms with E-state index in [0.29, 0.717) is 32.0 Å². The van der Waals surface area contributed by atoms with Gasteiger partial charge in [-0.1, -0.05) is 0 Å². The molecule has 1 aromatic carbocycles. The number of hydrogen-bond donors (Lipinski definition) is 1. The number of carbonyl (C=O) groups excluding carboxylic acids is 1. The number of hydrogen-bond acceptors (Lipinski definition) is 5. The van der Waals surface area contributed by atoms with Crippen LogP contribution in [0, 0.1) is 5.82 Å². The minimum absolute atomic E-state index is 0.0201. The number of benzene rings is 1. The average molecular weight is 333 g/mol. The van der Waals surface area contributed by atoms with Crippen LogP contribution in [0.2, 0.25) is 0 Å². The molecule has 24 heavy (non-hydrogen) atoms. The molecular formula is C15H20FN7O. The monoisotopic (exact) mass is 333 g/mol. The second-order valence-electron chi connectivity index (χ2n) is 5.58. The first-order valence-corrected chi connectivity index (χ1v) is 7.95. The van der Waals surface area contributed by atoms with Gasteiger partial charge in [0, 0.05) is 32.7 Å². The number of halogens is 1. The summed E-state index contributed by atoms with van der Waals surface area (Å²) in [6, 6.07) is 6.02. The number of urea groups is 1. The van der Waals surface area contributed by atoms with Gasteiger partial charge in [-0.3, -0.25) is 4.90 Å². The standard InChI is InChI=1S/C15H20FN7O/c1-2-17-15(24)22-9-7-21(8-10-22)11-14-18-19-20-23(14)13-5-3-12(16)4-6-13/h3-6H,2,7-11H2,1H3,(H,17,24). The maximum atomic E-state index is 13.1. The molecule has 8 nitrogen and oxygen atoms in total. The molecule has 1 N–H and O–H groups in total. The lowest BCUT2D eigenvalue weighted by atomic mass is 10.3. The van der Waals surface area contributed by atoms with Crippen molar-refractivity contribution in [1.29, 1.82) is 0 Å². The molecule has 1 saturated heterocycles. The first-order valence-electron chi connectivity index (χ1n) is 7.95. The maximum absolute atomic E-state index is 13.1. The molecule has 1 fully saturated rings. The summed E-state index contributed by atoms with van der Waals surface area (Å²) in [5.74, 6) is 0.392. The highest BCUT2D eigenvalue weighted by molar-refractivity contribution is 5.74. The summed E-state index contributed by atoms with van der Waals surface area (Å²) in [5, 5.41) is 14.6. The largest absolute Gasteiger partial charge is 0.338 e. The van der Waals surface area contributed by atoms with Crippen LogP contribution in [0.15, 0.2) is 24.3 Å². The molecule has 0 unspecified atom stereocenters. The van der Waals surface area contributed by atoms with Crippen LogP contribution in [-0.2, 0) is 6.54 Å². The third-order valence-corrected chi connectivity index (χ3v) is 3.96.